The number of halogens is 2. The van der Waals surface area contributed by atoms with Gasteiger partial charge in [-0.3, -0.25) is 4.79 Å². The molecule has 6 heteroatoms. The summed E-state index contributed by atoms with van der Waals surface area (Å²) in [6.45, 7) is -1.56. The van der Waals surface area contributed by atoms with Crippen molar-refractivity contribution in [3.63, 3.8) is 0 Å². The summed E-state index contributed by atoms with van der Waals surface area (Å²) in [4.78, 5) is 14.6. The number of nitrogens with zero attached hydrogens (tertiary/aromatic N) is 1. The van der Waals surface area contributed by atoms with Gasteiger partial charge in [-0.05, 0) is 48.4 Å². The van der Waals surface area contributed by atoms with Gasteiger partial charge < -0.3 is 15.0 Å². The van der Waals surface area contributed by atoms with Gasteiger partial charge in [0.1, 0.15) is 5.75 Å². The van der Waals surface area contributed by atoms with E-state index in [9.17, 15) is 13.6 Å². The van der Waals surface area contributed by atoms with Crippen molar-refractivity contribution in [1.82, 2.24) is 5.32 Å². The van der Waals surface area contributed by atoms with Crippen LogP contribution in [0.25, 0.3) is 0 Å². The minimum atomic E-state index is -2.85. The number of ether oxygens (including phenoxy) is 1. The van der Waals surface area contributed by atoms with Crippen molar-refractivity contribution in [2.75, 3.05) is 18.0 Å². The molecule has 1 saturated heterocycles. The smallest absolute Gasteiger partial charge is 0.387 e. The molecule has 1 aliphatic carbocycles. The van der Waals surface area contributed by atoms with Crippen molar-refractivity contribution < 1.29 is 18.3 Å². The van der Waals surface area contributed by atoms with Crippen LogP contribution in [-0.4, -0.2) is 31.7 Å². The van der Waals surface area contributed by atoms with Crippen LogP contribution in [0.2, 0.25) is 0 Å². The third-order valence-corrected chi connectivity index (χ3v) is 5.66. The Hall–Kier alpha value is -2.63. The Morgan fingerprint density at radius 2 is 1.93 bits per heavy atom. The van der Waals surface area contributed by atoms with Crippen LogP contribution in [0.5, 0.6) is 5.75 Å². The predicted molar refractivity (Wildman–Crippen MR) is 104 cm³/mol. The molecule has 0 spiro atoms. The van der Waals surface area contributed by atoms with Gasteiger partial charge in [0.2, 0.25) is 5.91 Å². The fourth-order valence-corrected chi connectivity index (χ4v) is 4.38. The summed E-state index contributed by atoms with van der Waals surface area (Å²) < 4.78 is 29.9. The lowest BCUT2D eigenvalue weighted by Crippen LogP contribution is -2.37. The number of carbonyl (C=O) groups is 1. The van der Waals surface area contributed by atoms with Crippen molar-refractivity contribution >= 4 is 11.6 Å². The minimum Gasteiger partial charge on any atom is -0.433 e. The van der Waals surface area contributed by atoms with E-state index in [0.717, 1.165) is 19.3 Å². The Morgan fingerprint density at radius 3 is 2.79 bits per heavy atom. The zero-order chi connectivity index (χ0) is 19.5. The van der Waals surface area contributed by atoms with E-state index in [0.29, 0.717) is 25.2 Å². The summed E-state index contributed by atoms with van der Waals surface area (Å²) in [7, 11) is 0. The molecule has 0 radical (unpaired) electrons. The number of carbonyl (C=O) groups excluding carboxylic acids is 1. The molecular weight excluding hydrogens is 362 g/mol. The van der Waals surface area contributed by atoms with E-state index in [1.807, 2.05) is 17.0 Å². The van der Waals surface area contributed by atoms with Crippen LogP contribution < -0.4 is 15.0 Å². The second-order valence-electron chi connectivity index (χ2n) is 7.48. The molecule has 2 atom stereocenters. The Morgan fingerprint density at radius 1 is 1.14 bits per heavy atom. The average molecular weight is 386 g/mol. The number of anilines is 1. The van der Waals surface area contributed by atoms with Crippen LogP contribution in [0.4, 0.5) is 14.5 Å². The van der Waals surface area contributed by atoms with Gasteiger partial charge in [0.25, 0.3) is 0 Å². The lowest BCUT2D eigenvalue weighted by atomic mass is 9.97. The lowest BCUT2D eigenvalue weighted by molar-refractivity contribution is -0.122. The molecule has 28 heavy (non-hydrogen) atoms. The fraction of sp³-hybridized carbons (Fsp3) is 0.409. The standard InChI is InChI=1S/C22H24F2N2O2/c23-22(24)28-20-8-4-3-7-19(20)26-12-11-17(14-26)25-21(27)13-16-10-9-15-5-1-2-6-18(15)16/h1-8,16-17,22H,9-14H2,(H,25,27). The molecule has 4 rings (SSSR count). The molecule has 2 unspecified atom stereocenters. The largest absolute Gasteiger partial charge is 0.433 e. The second-order valence-corrected chi connectivity index (χ2v) is 7.48. The average Bonchev–Trinajstić information content (AvgIpc) is 3.29. The number of benzene rings is 2. The van der Waals surface area contributed by atoms with E-state index >= 15 is 0 Å². The number of rotatable bonds is 6. The number of alkyl halides is 2. The first-order chi connectivity index (χ1) is 13.6. The second kappa shape index (κ2) is 8.17. The Bertz CT molecular complexity index is 843. The maximum Gasteiger partial charge on any atom is 0.387 e. The SMILES string of the molecule is O=C(CC1CCc2ccccc21)NC1CCN(c2ccccc2OC(F)F)C1. The lowest BCUT2D eigenvalue weighted by Gasteiger charge is -2.22. The molecule has 1 heterocycles. The van der Waals surface area contributed by atoms with Gasteiger partial charge in [-0.1, -0.05) is 36.4 Å². The molecule has 148 valence electrons. The molecule has 2 aliphatic rings. The van der Waals surface area contributed by atoms with E-state index in [1.54, 1.807) is 24.3 Å². The van der Waals surface area contributed by atoms with E-state index in [-0.39, 0.29) is 23.6 Å². The van der Waals surface area contributed by atoms with E-state index in [2.05, 4.69) is 22.2 Å². The topological polar surface area (TPSA) is 41.6 Å². The summed E-state index contributed by atoms with van der Waals surface area (Å²) in [5.41, 5.74) is 3.29. The number of hydrogen-bond donors (Lipinski definition) is 1. The highest BCUT2D eigenvalue weighted by Gasteiger charge is 2.29. The van der Waals surface area contributed by atoms with Crippen LogP contribution in [-0.2, 0) is 11.2 Å². The first-order valence-electron chi connectivity index (χ1n) is 9.76. The molecule has 1 amide bonds. The number of hydrogen-bond acceptors (Lipinski definition) is 3. The molecule has 1 aliphatic heterocycles. The van der Waals surface area contributed by atoms with Gasteiger partial charge >= 0.3 is 6.61 Å². The van der Waals surface area contributed by atoms with E-state index in [1.165, 1.54) is 11.1 Å². The molecule has 0 aromatic heterocycles. The van der Waals surface area contributed by atoms with Crippen LogP contribution in [0.15, 0.2) is 48.5 Å². The monoisotopic (exact) mass is 386 g/mol. The number of aryl methyl sites for hydroxylation is 1. The zero-order valence-corrected chi connectivity index (χ0v) is 15.6. The molecule has 2 aromatic rings. The Labute approximate surface area is 163 Å². The highest BCUT2D eigenvalue weighted by molar-refractivity contribution is 5.77. The van der Waals surface area contributed by atoms with Crippen LogP contribution >= 0.6 is 0 Å². The van der Waals surface area contributed by atoms with Crippen molar-refractivity contribution in [1.29, 1.82) is 0 Å². The normalized spacial score (nSPS) is 21.0. The molecule has 0 saturated carbocycles. The Balaban J connectivity index is 1.34. The van der Waals surface area contributed by atoms with Gasteiger partial charge in [0.15, 0.2) is 0 Å². The third kappa shape index (κ3) is 4.11. The van der Waals surface area contributed by atoms with Crippen molar-refractivity contribution in [3.05, 3.63) is 59.7 Å². The number of fused-ring (bicyclic) bond motifs is 1. The highest BCUT2D eigenvalue weighted by Crippen LogP contribution is 2.35. The van der Waals surface area contributed by atoms with E-state index in [4.69, 9.17) is 0 Å². The number of nitrogens with one attached hydrogen (secondary N) is 1. The molecule has 2 aromatic carbocycles. The first-order valence-corrected chi connectivity index (χ1v) is 9.76. The molecular formula is C22H24F2N2O2. The molecule has 1 fully saturated rings. The van der Waals surface area contributed by atoms with Gasteiger partial charge in [0.05, 0.1) is 5.69 Å². The molecule has 1 N–H and O–H groups in total. The Kier molecular flexibility index (Phi) is 5.46. The third-order valence-electron chi connectivity index (χ3n) is 5.66. The van der Waals surface area contributed by atoms with Crippen LogP contribution in [0.3, 0.4) is 0 Å². The maximum absolute atomic E-state index is 12.6. The van der Waals surface area contributed by atoms with Crippen LogP contribution in [0.1, 0.15) is 36.3 Å². The fourth-order valence-electron chi connectivity index (χ4n) is 4.38. The summed E-state index contributed by atoms with van der Waals surface area (Å²) in [6, 6.07) is 15.2. The first kappa shape index (κ1) is 18.7. The highest BCUT2D eigenvalue weighted by atomic mass is 19.3. The summed E-state index contributed by atoms with van der Waals surface area (Å²) in [6.07, 6.45) is 3.34. The zero-order valence-electron chi connectivity index (χ0n) is 15.6. The van der Waals surface area contributed by atoms with Crippen molar-refractivity contribution in [2.24, 2.45) is 0 Å². The number of para-hydroxylation sites is 2. The van der Waals surface area contributed by atoms with Gasteiger partial charge in [-0.15, -0.1) is 0 Å². The maximum atomic E-state index is 12.6. The van der Waals surface area contributed by atoms with Crippen LogP contribution in [0, 0.1) is 0 Å². The number of amides is 1. The van der Waals surface area contributed by atoms with Crippen molar-refractivity contribution in [2.45, 2.75) is 44.3 Å². The summed E-state index contributed by atoms with van der Waals surface area (Å²) in [5, 5.41) is 3.13. The summed E-state index contributed by atoms with van der Waals surface area (Å²) >= 11 is 0. The quantitative estimate of drug-likeness (QED) is 0.813. The molecule has 0 bridgehead atoms. The van der Waals surface area contributed by atoms with Gasteiger partial charge in [-0.2, -0.15) is 8.78 Å². The van der Waals surface area contributed by atoms with Gasteiger partial charge in [0, 0.05) is 25.6 Å². The molecule has 4 nitrogen and oxygen atoms in total. The summed E-state index contributed by atoms with van der Waals surface area (Å²) in [5.74, 6) is 0.520. The van der Waals surface area contributed by atoms with E-state index < -0.39 is 6.61 Å². The van der Waals surface area contributed by atoms with Crippen molar-refractivity contribution in [3.8, 4) is 5.75 Å². The predicted octanol–water partition coefficient (Wildman–Crippen LogP) is 4.10. The van der Waals surface area contributed by atoms with Gasteiger partial charge in [-0.25, -0.2) is 0 Å². The minimum absolute atomic E-state index is 0.0174.